The van der Waals surface area contributed by atoms with Gasteiger partial charge in [0.1, 0.15) is 0 Å². The molecule has 2 aliphatic carbocycles. The molecule has 16 heavy (non-hydrogen) atoms. The first-order chi connectivity index (χ1) is 7.77. The highest BCUT2D eigenvalue weighted by atomic mass is 16.1. The van der Waals surface area contributed by atoms with E-state index >= 15 is 0 Å². The van der Waals surface area contributed by atoms with Gasteiger partial charge < -0.3 is 0 Å². The van der Waals surface area contributed by atoms with Crippen LogP contribution in [-0.4, -0.2) is 5.78 Å². The summed E-state index contributed by atoms with van der Waals surface area (Å²) >= 11 is 0. The largest absolute Gasteiger partial charge is 0.289 e. The van der Waals surface area contributed by atoms with Crippen LogP contribution in [0.4, 0.5) is 0 Å². The van der Waals surface area contributed by atoms with Crippen LogP contribution in [0.15, 0.2) is 59.8 Å². The number of carbonyl (C=O) groups excluding carboxylic acids is 1. The molecule has 1 atom stereocenters. The lowest BCUT2D eigenvalue weighted by molar-refractivity contribution is -0.111. The molecule has 1 heteroatoms. The second-order valence-electron chi connectivity index (χ2n) is 4.19. The topological polar surface area (TPSA) is 17.1 Å². The van der Waals surface area contributed by atoms with Crippen molar-refractivity contribution in [3.63, 3.8) is 0 Å². The highest BCUT2D eigenvalue weighted by molar-refractivity contribution is 6.12. The summed E-state index contributed by atoms with van der Waals surface area (Å²) < 4.78 is 0. The third-order valence-electron chi connectivity index (χ3n) is 2.79. The van der Waals surface area contributed by atoms with E-state index in [9.17, 15) is 4.79 Å². The summed E-state index contributed by atoms with van der Waals surface area (Å²) in [6, 6.07) is 0. The predicted molar refractivity (Wildman–Crippen MR) is 67.0 cm³/mol. The molecule has 0 bridgehead atoms. The molecule has 0 radical (unpaired) electrons. The van der Waals surface area contributed by atoms with Crippen LogP contribution in [0.25, 0.3) is 0 Å². The monoisotopic (exact) mass is 212 g/mol. The Morgan fingerprint density at radius 1 is 1.19 bits per heavy atom. The van der Waals surface area contributed by atoms with Crippen LogP contribution in [0.5, 0.6) is 0 Å². The maximum absolute atomic E-state index is 12.1. The van der Waals surface area contributed by atoms with E-state index in [1.807, 2.05) is 30.4 Å². The lowest BCUT2D eigenvalue weighted by Crippen LogP contribution is -2.04. The van der Waals surface area contributed by atoms with Gasteiger partial charge in [0.15, 0.2) is 5.78 Å². The summed E-state index contributed by atoms with van der Waals surface area (Å²) in [5.41, 5.74) is 1.60. The summed E-state index contributed by atoms with van der Waals surface area (Å²) in [4.78, 5) is 12.1. The Labute approximate surface area is 96.6 Å². The number of hydrogen-bond acceptors (Lipinski definition) is 1. The summed E-state index contributed by atoms with van der Waals surface area (Å²) in [5, 5.41) is 0. The molecule has 0 spiro atoms. The fraction of sp³-hybridized carbons (Fsp3) is 0.267. The van der Waals surface area contributed by atoms with Gasteiger partial charge in [0, 0.05) is 11.1 Å². The third kappa shape index (κ3) is 2.48. The summed E-state index contributed by atoms with van der Waals surface area (Å²) in [6.07, 6.45) is 18.0. The highest BCUT2D eigenvalue weighted by Crippen LogP contribution is 2.18. The lowest BCUT2D eigenvalue weighted by atomic mass is 9.98. The standard InChI is InChI=1S/C15H16O/c1-12-6-5-9-14(11-10-12)15(16)13-7-3-2-4-8-13/h3,5-12H,2,4H2,1H3. The van der Waals surface area contributed by atoms with Crippen LogP contribution in [0, 0.1) is 5.92 Å². The van der Waals surface area contributed by atoms with E-state index in [2.05, 4.69) is 25.2 Å². The maximum Gasteiger partial charge on any atom is 0.192 e. The van der Waals surface area contributed by atoms with Gasteiger partial charge in [-0.2, -0.15) is 0 Å². The Morgan fingerprint density at radius 3 is 2.81 bits per heavy atom. The Morgan fingerprint density at radius 2 is 2.06 bits per heavy atom. The Hall–Kier alpha value is -1.63. The first kappa shape index (κ1) is 10.9. The molecule has 2 aliphatic rings. The molecule has 2 rings (SSSR count). The Kier molecular flexibility index (Phi) is 3.35. The molecule has 0 N–H and O–H groups in total. The number of rotatable bonds is 2. The van der Waals surface area contributed by atoms with Gasteiger partial charge >= 0.3 is 0 Å². The van der Waals surface area contributed by atoms with Crippen LogP contribution < -0.4 is 0 Å². The molecule has 0 aliphatic heterocycles. The van der Waals surface area contributed by atoms with Crippen LogP contribution in [0.1, 0.15) is 19.8 Å². The molecule has 0 aromatic rings. The zero-order chi connectivity index (χ0) is 11.4. The first-order valence-corrected chi connectivity index (χ1v) is 5.75. The summed E-state index contributed by atoms with van der Waals surface area (Å²) in [7, 11) is 0. The second-order valence-corrected chi connectivity index (χ2v) is 4.19. The van der Waals surface area contributed by atoms with Crippen molar-refractivity contribution in [3.05, 3.63) is 59.8 Å². The van der Waals surface area contributed by atoms with Crippen LogP contribution >= 0.6 is 0 Å². The van der Waals surface area contributed by atoms with E-state index in [4.69, 9.17) is 0 Å². The first-order valence-electron chi connectivity index (χ1n) is 5.75. The zero-order valence-electron chi connectivity index (χ0n) is 9.52. The fourth-order valence-electron chi connectivity index (χ4n) is 1.81. The van der Waals surface area contributed by atoms with Crippen molar-refractivity contribution in [2.24, 2.45) is 5.92 Å². The number of allylic oxidation sites excluding steroid dienone is 10. The molecule has 0 aromatic heterocycles. The van der Waals surface area contributed by atoms with Gasteiger partial charge in [0.05, 0.1) is 0 Å². The van der Waals surface area contributed by atoms with E-state index in [1.54, 1.807) is 0 Å². The van der Waals surface area contributed by atoms with E-state index < -0.39 is 0 Å². The summed E-state index contributed by atoms with van der Waals surface area (Å²) in [5.74, 6) is 0.531. The van der Waals surface area contributed by atoms with Crippen molar-refractivity contribution in [1.82, 2.24) is 0 Å². The van der Waals surface area contributed by atoms with Gasteiger partial charge in [-0.3, -0.25) is 4.79 Å². The van der Waals surface area contributed by atoms with Crippen molar-refractivity contribution in [2.45, 2.75) is 19.8 Å². The number of Topliss-reactive ketones (excluding diaryl/α,β-unsaturated/α-hetero) is 1. The molecule has 82 valence electrons. The molecule has 0 heterocycles. The van der Waals surface area contributed by atoms with Crippen LogP contribution in [-0.2, 0) is 4.79 Å². The van der Waals surface area contributed by atoms with Gasteiger partial charge in [-0.1, -0.05) is 55.5 Å². The van der Waals surface area contributed by atoms with Crippen molar-refractivity contribution in [2.75, 3.05) is 0 Å². The summed E-state index contributed by atoms with van der Waals surface area (Å²) in [6.45, 7) is 2.11. The molecular weight excluding hydrogens is 196 g/mol. The van der Waals surface area contributed by atoms with Gasteiger partial charge in [0.2, 0.25) is 0 Å². The van der Waals surface area contributed by atoms with E-state index in [1.165, 1.54) is 0 Å². The average Bonchev–Trinajstić information content (AvgIpc) is 2.54. The average molecular weight is 212 g/mol. The minimum Gasteiger partial charge on any atom is -0.289 e. The van der Waals surface area contributed by atoms with E-state index in [0.717, 1.165) is 24.0 Å². The zero-order valence-corrected chi connectivity index (χ0v) is 9.52. The Bertz CT molecular complexity index is 430. The Balaban J connectivity index is 2.19. The van der Waals surface area contributed by atoms with Crippen molar-refractivity contribution in [3.8, 4) is 0 Å². The SMILES string of the molecule is CC1C=CC=C(C(=O)C2=CCCC=C2)C=C1. The van der Waals surface area contributed by atoms with E-state index in [0.29, 0.717) is 5.92 Å². The fourth-order valence-corrected chi connectivity index (χ4v) is 1.81. The predicted octanol–water partition coefficient (Wildman–Crippen LogP) is 3.52. The second kappa shape index (κ2) is 4.93. The van der Waals surface area contributed by atoms with Gasteiger partial charge in [-0.15, -0.1) is 0 Å². The van der Waals surface area contributed by atoms with Gasteiger partial charge in [-0.25, -0.2) is 0 Å². The van der Waals surface area contributed by atoms with Gasteiger partial charge in [0.25, 0.3) is 0 Å². The van der Waals surface area contributed by atoms with Crippen molar-refractivity contribution < 1.29 is 4.79 Å². The van der Waals surface area contributed by atoms with Crippen LogP contribution in [0.2, 0.25) is 0 Å². The number of ketones is 1. The van der Waals surface area contributed by atoms with Crippen molar-refractivity contribution in [1.29, 1.82) is 0 Å². The minimum absolute atomic E-state index is 0.131. The highest BCUT2D eigenvalue weighted by Gasteiger charge is 2.12. The normalized spacial score (nSPS) is 23.7. The molecule has 0 fully saturated rings. The molecule has 0 saturated carbocycles. The number of hydrogen-bond donors (Lipinski definition) is 0. The third-order valence-corrected chi connectivity index (χ3v) is 2.79. The quantitative estimate of drug-likeness (QED) is 0.684. The molecule has 0 aromatic carbocycles. The molecule has 0 saturated heterocycles. The van der Waals surface area contributed by atoms with Gasteiger partial charge in [-0.05, 0) is 18.8 Å². The minimum atomic E-state index is 0.131. The smallest absolute Gasteiger partial charge is 0.192 e. The molecule has 1 nitrogen and oxygen atoms in total. The van der Waals surface area contributed by atoms with Crippen molar-refractivity contribution >= 4 is 5.78 Å². The molecular formula is C15H16O. The molecule has 0 amide bonds. The maximum atomic E-state index is 12.1. The molecule has 1 unspecified atom stereocenters. The number of carbonyl (C=O) groups is 1. The lowest BCUT2D eigenvalue weighted by Gasteiger charge is -2.06. The van der Waals surface area contributed by atoms with E-state index in [-0.39, 0.29) is 5.78 Å². The van der Waals surface area contributed by atoms with Crippen LogP contribution in [0.3, 0.4) is 0 Å².